The molecular weight excluding hydrogens is 480 g/mol. The Morgan fingerprint density at radius 3 is 2.27 bits per heavy atom. The zero-order valence-corrected chi connectivity index (χ0v) is 23.1. The molecular formula is C31H38N2O3S. The van der Waals surface area contributed by atoms with Gasteiger partial charge in [0.15, 0.2) is 0 Å². The van der Waals surface area contributed by atoms with Crippen LogP contribution in [0.25, 0.3) is 0 Å². The van der Waals surface area contributed by atoms with Gasteiger partial charge in [-0.25, -0.2) is 0 Å². The summed E-state index contributed by atoms with van der Waals surface area (Å²) in [6.45, 7) is 6.47. The van der Waals surface area contributed by atoms with Crippen molar-refractivity contribution < 1.29 is 14.3 Å². The number of carbonyl (C=O) groups is 2. The molecule has 0 saturated heterocycles. The van der Waals surface area contributed by atoms with Crippen molar-refractivity contribution in [2.45, 2.75) is 58.0 Å². The fourth-order valence-corrected chi connectivity index (χ4v) is 4.90. The number of nitrogens with zero attached hydrogens (tertiary/aromatic N) is 1. The fraction of sp³-hybridized carbons (Fsp3) is 0.355. The van der Waals surface area contributed by atoms with Crippen LogP contribution in [-0.2, 0) is 28.3 Å². The monoisotopic (exact) mass is 518 g/mol. The molecule has 6 heteroatoms. The van der Waals surface area contributed by atoms with Crippen molar-refractivity contribution >= 4 is 23.6 Å². The highest BCUT2D eigenvalue weighted by atomic mass is 32.2. The summed E-state index contributed by atoms with van der Waals surface area (Å²) >= 11 is 1.56. The smallest absolute Gasteiger partial charge is 0.243 e. The maximum Gasteiger partial charge on any atom is 0.243 e. The number of hydrogen-bond donors (Lipinski definition) is 1. The van der Waals surface area contributed by atoms with Crippen LogP contribution in [0.5, 0.6) is 5.75 Å². The Morgan fingerprint density at radius 1 is 0.946 bits per heavy atom. The van der Waals surface area contributed by atoms with Crippen LogP contribution in [-0.4, -0.2) is 41.7 Å². The Balaban J connectivity index is 1.84. The predicted octanol–water partition coefficient (Wildman–Crippen LogP) is 5.79. The summed E-state index contributed by atoms with van der Waals surface area (Å²) in [6.07, 6.45) is 1.29. The number of rotatable bonds is 13. The molecule has 2 unspecified atom stereocenters. The molecule has 196 valence electrons. The zero-order chi connectivity index (χ0) is 26.6. The molecule has 0 aliphatic carbocycles. The fourth-order valence-electron chi connectivity index (χ4n) is 4.03. The van der Waals surface area contributed by atoms with Gasteiger partial charge in [0.1, 0.15) is 11.8 Å². The summed E-state index contributed by atoms with van der Waals surface area (Å²) in [5.41, 5.74) is 4.30. The Kier molecular flexibility index (Phi) is 11.1. The molecule has 1 N–H and O–H groups in total. The van der Waals surface area contributed by atoms with Gasteiger partial charge in [-0.1, -0.05) is 73.7 Å². The van der Waals surface area contributed by atoms with E-state index < -0.39 is 6.04 Å². The van der Waals surface area contributed by atoms with Gasteiger partial charge < -0.3 is 15.0 Å². The SMILES string of the molecule is CCC(C)NC(=O)C(Cc1ccccc1)N(Cc1ccccc1C)C(=O)CSCc1ccc(OC)cc1. The maximum absolute atomic E-state index is 13.7. The summed E-state index contributed by atoms with van der Waals surface area (Å²) < 4.78 is 5.24. The molecule has 0 aliphatic heterocycles. The molecule has 3 aromatic rings. The lowest BCUT2D eigenvalue weighted by Crippen LogP contribution is -2.52. The van der Waals surface area contributed by atoms with E-state index in [4.69, 9.17) is 4.74 Å². The number of nitrogens with one attached hydrogen (secondary N) is 1. The highest BCUT2D eigenvalue weighted by Gasteiger charge is 2.31. The largest absolute Gasteiger partial charge is 0.497 e. The van der Waals surface area contributed by atoms with Gasteiger partial charge in [-0.15, -0.1) is 11.8 Å². The first-order valence-corrected chi connectivity index (χ1v) is 14.0. The molecule has 37 heavy (non-hydrogen) atoms. The van der Waals surface area contributed by atoms with Gasteiger partial charge in [-0.3, -0.25) is 9.59 Å². The van der Waals surface area contributed by atoms with Crippen molar-refractivity contribution in [3.8, 4) is 5.75 Å². The van der Waals surface area contributed by atoms with E-state index in [0.717, 1.165) is 34.4 Å². The van der Waals surface area contributed by atoms with Gasteiger partial charge in [0.25, 0.3) is 0 Å². The van der Waals surface area contributed by atoms with E-state index >= 15 is 0 Å². The van der Waals surface area contributed by atoms with Gasteiger partial charge in [-0.05, 0) is 54.7 Å². The summed E-state index contributed by atoms with van der Waals surface area (Å²) in [5, 5.41) is 3.13. The van der Waals surface area contributed by atoms with E-state index in [1.165, 1.54) is 0 Å². The van der Waals surface area contributed by atoms with Crippen molar-refractivity contribution in [3.63, 3.8) is 0 Å². The number of carbonyl (C=O) groups excluding carboxylic acids is 2. The van der Waals surface area contributed by atoms with E-state index in [1.807, 2.05) is 99.6 Å². The molecule has 3 rings (SSSR count). The molecule has 2 amide bonds. The van der Waals surface area contributed by atoms with Crippen LogP contribution in [0.1, 0.15) is 42.5 Å². The second kappa shape index (κ2) is 14.5. The molecule has 0 bridgehead atoms. The van der Waals surface area contributed by atoms with Gasteiger partial charge in [0.05, 0.1) is 12.9 Å². The molecule has 0 fully saturated rings. The van der Waals surface area contributed by atoms with Crippen molar-refractivity contribution in [2.75, 3.05) is 12.9 Å². The minimum atomic E-state index is -0.606. The normalized spacial score (nSPS) is 12.4. The van der Waals surface area contributed by atoms with Gasteiger partial charge in [0.2, 0.25) is 11.8 Å². The standard InChI is InChI=1S/C31H38N2O3S/c1-5-24(3)32-31(35)29(19-25-12-7-6-8-13-25)33(20-27-14-10-9-11-23(27)2)30(34)22-37-21-26-15-17-28(36-4)18-16-26/h6-18,24,29H,5,19-22H2,1-4H3,(H,32,35). The number of hydrogen-bond acceptors (Lipinski definition) is 4. The summed E-state index contributed by atoms with van der Waals surface area (Å²) in [5.74, 6) is 1.66. The van der Waals surface area contributed by atoms with E-state index in [-0.39, 0.29) is 17.9 Å². The molecule has 0 aromatic heterocycles. The number of thioether (sulfide) groups is 1. The summed E-state index contributed by atoms with van der Waals surface area (Å²) in [6, 6.07) is 25.3. The third kappa shape index (κ3) is 8.67. The van der Waals surface area contributed by atoms with Crippen LogP contribution < -0.4 is 10.1 Å². The van der Waals surface area contributed by atoms with Gasteiger partial charge >= 0.3 is 0 Å². The first-order valence-electron chi connectivity index (χ1n) is 12.8. The number of methoxy groups -OCH3 is 1. The third-order valence-electron chi connectivity index (χ3n) is 6.53. The predicted molar refractivity (Wildman–Crippen MR) is 153 cm³/mol. The van der Waals surface area contributed by atoms with E-state index in [9.17, 15) is 9.59 Å². The van der Waals surface area contributed by atoms with Crippen LogP contribution in [0.4, 0.5) is 0 Å². The number of ether oxygens (including phenoxy) is 1. The highest BCUT2D eigenvalue weighted by molar-refractivity contribution is 7.99. The Hall–Kier alpha value is -3.25. The Morgan fingerprint density at radius 2 is 1.62 bits per heavy atom. The first kappa shape index (κ1) is 28.3. The van der Waals surface area contributed by atoms with Crippen molar-refractivity contribution in [1.82, 2.24) is 10.2 Å². The van der Waals surface area contributed by atoms with Crippen LogP contribution >= 0.6 is 11.8 Å². The Labute approximate surface area is 225 Å². The lowest BCUT2D eigenvalue weighted by Gasteiger charge is -2.32. The number of aryl methyl sites for hydroxylation is 1. The molecule has 5 nitrogen and oxygen atoms in total. The molecule has 0 radical (unpaired) electrons. The lowest BCUT2D eigenvalue weighted by atomic mass is 10.0. The molecule has 0 heterocycles. The zero-order valence-electron chi connectivity index (χ0n) is 22.3. The summed E-state index contributed by atoms with van der Waals surface area (Å²) in [4.78, 5) is 29.1. The summed E-state index contributed by atoms with van der Waals surface area (Å²) in [7, 11) is 1.65. The average molecular weight is 519 g/mol. The highest BCUT2D eigenvalue weighted by Crippen LogP contribution is 2.21. The second-order valence-electron chi connectivity index (χ2n) is 9.31. The van der Waals surface area contributed by atoms with Crippen molar-refractivity contribution in [1.29, 1.82) is 0 Å². The molecule has 0 spiro atoms. The minimum Gasteiger partial charge on any atom is -0.497 e. The van der Waals surface area contributed by atoms with Crippen molar-refractivity contribution in [2.24, 2.45) is 0 Å². The molecule has 0 saturated carbocycles. The average Bonchev–Trinajstić information content (AvgIpc) is 2.92. The van der Waals surface area contributed by atoms with E-state index in [2.05, 4.69) is 5.32 Å². The first-order chi connectivity index (χ1) is 17.9. The topological polar surface area (TPSA) is 58.6 Å². The van der Waals surface area contributed by atoms with Crippen LogP contribution in [0.15, 0.2) is 78.9 Å². The maximum atomic E-state index is 13.7. The third-order valence-corrected chi connectivity index (χ3v) is 7.52. The Bertz CT molecular complexity index is 1130. The minimum absolute atomic E-state index is 0.0330. The van der Waals surface area contributed by atoms with Crippen LogP contribution in [0.2, 0.25) is 0 Å². The molecule has 3 aromatic carbocycles. The van der Waals surface area contributed by atoms with Crippen molar-refractivity contribution in [3.05, 3.63) is 101 Å². The molecule has 0 aliphatic rings. The second-order valence-corrected chi connectivity index (χ2v) is 10.3. The van der Waals surface area contributed by atoms with Crippen LogP contribution in [0, 0.1) is 6.92 Å². The number of benzene rings is 3. The van der Waals surface area contributed by atoms with Gasteiger partial charge in [-0.2, -0.15) is 0 Å². The quantitative estimate of drug-likeness (QED) is 0.311. The molecule has 2 atom stereocenters. The van der Waals surface area contributed by atoms with Crippen LogP contribution in [0.3, 0.4) is 0 Å². The lowest BCUT2D eigenvalue weighted by molar-refractivity contribution is -0.139. The van der Waals surface area contributed by atoms with E-state index in [1.54, 1.807) is 23.8 Å². The van der Waals surface area contributed by atoms with E-state index in [0.29, 0.717) is 24.5 Å². The van der Waals surface area contributed by atoms with Gasteiger partial charge in [0, 0.05) is 24.8 Å². The number of amides is 2.